The summed E-state index contributed by atoms with van der Waals surface area (Å²) in [6.45, 7) is 4.69. The average Bonchev–Trinajstić information content (AvgIpc) is 3.23. The molecule has 1 N–H and O–H groups in total. The lowest BCUT2D eigenvalue weighted by Crippen LogP contribution is -2.16. The summed E-state index contributed by atoms with van der Waals surface area (Å²) in [6.07, 6.45) is 2.50. The SMILES string of the molecule is Cc1nn(C)c(C)c1Oc1cccc(Cl)c1CNC1CC1. The molecule has 1 fully saturated rings. The summed E-state index contributed by atoms with van der Waals surface area (Å²) in [7, 11) is 1.92. The second kappa shape index (κ2) is 5.70. The molecule has 0 atom stereocenters. The zero-order valence-electron chi connectivity index (χ0n) is 12.6. The molecule has 2 aromatic rings. The van der Waals surface area contributed by atoms with Crippen molar-refractivity contribution in [3.05, 3.63) is 40.2 Å². The number of aromatic nitrogens is 2. The Morgan fingerprint density at radius 2 is 2.14 bits per heavy atom. The van der Waals surface area contributed by atoms with Crippen LogP contribution in [0.3, 0.4) is 0 Å². The zero-order chi connectivity index (χ0) is 15.0. The maximum atomic E-state index is 6.34. The number of benzene rings is 1. The van der Waals surface area contributed by atoms with Crippen molar-refractivity contribution in [2.24, 2.45) is 7.05 Å². The van der Waals surface area contributed by atoms with Gasteiger partial charge in [0.15, 0.2) is 5.75 Å². The number of nitrogens with one attached hydrogen (secondary N) is 1. The molecular weight excluding hydrogens is 286 g/mol. The first-order valence-electron chi connectivity index (χ1n) is 7.25. The van der Waals surface area contributed by atoms with Crippen LogP contribution in [0.5, 0.6) is 11.5 Å². The van der Waals surface area contributed by atoms with Crippen molar-refractivity contribution in [2.75, 3.05) is 0 Å². The van der Waals surface area contributed by atoms with Gasteiger partial charge in [0.2, 0.25) is 0 Å². The van der Waals surface area contributed by atoms with Crippen LogP contribution < -0.4 is 10.1 Å². The molecule has 1 aliphatic carbocycles. The number of ether oxygens (including phenoxy) is 1. The number of rotatable bonds is 5. The van der Waals surface area contributed by atoms with Crippen molar-refractivity contribution in [3.63, 3.8) is 0 Å². The van der Waals surface area contributed by atoms with E-state index in [2.05, 4.69) is 10.4 Å². The quantitative estimate of drug-likeness (QED) is 0.914. The van der Waals surface area contributed by atoms with Crippen molar-refractivity contribution < 1.29 is 4.74 Å². The molecule has 1 saturated carbocycles. The lowest BCUT2D eigenvalue weighted by atomic mass is 10.2. The molecule has 0 radical (unpaired) electrons. The third-order valence-corrected chi connectivity index (χ3v) is 4.23. The van der Waals surface area contributed by atoms with Crippen molar-refractivity contribution in [1.82, 2.24) is 15.1 Å². The minimum atomic E-state index is 0.635. The van der Waals surface area contributed by atoms with Crippen molar-refractivity contribution >= 4 is 11.6 Å². The van der Waals surface area contributed by atoms with Gasteiger partial charge in [-0.3, -0.25) is 4.68 Å². The van der Waals surface area contributed by atoms with E-state index in [-0.39, 0.29) is 0 Å². The van der Waals surface area contributed by atoms with Gasteiger partial charge in [0.25, 0.3) is 0 Å². The Morgan fingerprint density at radius 1 is 1.38 bits per heavy atom. The molecule has 1 aliphatic rings. The van der Waals surface area contributed by atoms with E-state index in [4.69, 9.17) is 16.3 Å². The van der Waals surface area contributed by atoms with E-state index < -0.39 is 0 Å². The summed E-state index contributed by atoms with van der Waals surface area (Å²) in [5, 5.41) is 8.61. The monoisotopic (exact) mass is 305 g/mol. The van der Waals surface area contributed by atoms with E-state index in [0.29, 0.717) is 6.04 Å². The van der Waals surface area contributed by atoms with E-state index in [9.17, 15) is 0 Å². The molecule has 0 bridgehead atoms. The van der Waals surface area contributed by atoms with Gasteiger partial charge in [-0.25, -0.2) is 0 Å². The van der Waals surface area contributed by atoms with Crippen LogP contribution >= 0.6 is 11.6 Å². The van der Waals surface area contributed by atoms with Gasteiger partial charge in [0, 0.05) is 30.2 Å². The average molecular weight is 306 g/mol. The maximum absolute atomic E-state index is 6.34. The molecule has 1 heterocycles. The Balaban J connectivity index is 1.88. The van der Waals surface area contributed by atoms with Gasteiger partial charge in [-0.05, 0) is 38.8 Å². The summed E-state index contributed by atoms with van der Waals surface area (Å²) in [6, 6.07) is 6.42. The van der Waals surface area contributed by atoms with Gasteiger partial charge in [-0.1, -0.05) is 17.7 Å². The number of halogens is 1. The highest BCUT2D eigenvalue weighted by Gasteiger charge is 2.22. The largest absolute Gasteiger partial charge is 0.453 e. The first kappa shape index (κ1) is 14.4. The van der Waals surface area contributed by atoms with Gasteiger partial charge in [0.05, 0.1) is 5.69 Å². The Labute approximate surface area is 130 Å². The Hall–Kier alpha value is -1.52. The van der Waals surface area contributed by atoms with Crippen molar-refractivity contribution in [3.8, 4) is 11.5 Å². The predicted octanol–water partition coefficient (Wildman–Crippen LogP) is 3.73. The number of nitrogens with zero attached hydrogens (tertiary/aromatic N) is 2. The molecule has 0 aliphatic heterocycles. The molecule has 1 aromatic carbocycles. The number of hydrogen-bond donors (Lipinski definition) is 1. The van der Waals surface area contributed by atoms with Crippen LogP contribution in [0, 0.1) is 13.8 Å². The molecule has 0 unspecified atom stereocenters. The van der Waals surface area contributed by atoms with Gasteiger partial charge in [-0.2, -0.15) is 5.10 Å². The number of hydrogen-bond acceptors (Lipinski definition) is 3. The van der Waals surface area contributed by atoms with Gasteiger partial charge < -0.3 is 10.1 Å². The zero-order valence-corrected chi connectivity index (χ0v) is 13.4. The first-order chi connectivity index (χ1) is 10.1. The summed E-state index contributed by atoms with van der Waals surface area (Å²) in [4.78, 5) is 0. The minimum Gasteiger partial charge on any atom is -0.453 e. The smallest absolute Gasteiger partial charge is 0.171 e. The predicted molar refractivity (Wildman–Crippen MR) is 84.1 cm³/mol. The molecule has 1 aromatic heterocycles. The molecule has 0 amide bonds. The van der Waals surface area contributed by atoms with Crippen LogP contribution in [0.25, 0.3) is 0 Å². The summed E-state index contributed by atoms with van der Waals surface area (Å²) in [5.74, 6) is 1.61. The Morgan fingerprint density at radius 3 is 2.76 bits per heavy atom. The topological polar surface area (TPSA) is 39.1 Å². The second-order valence-corrected chi connectivity index (χ2v) is 6.00. The van der Waals surface area contributed by atoms with Gasteiger partial charge >= 0.3 is 0 Å². The van der Waals surface area contributed by atoms with Crippen LogP contribution in [0.15, 0.2) is 18.2 Å². The molecule has 21 heavy (non-hydrogen) atoms. The van der Waals surface area contributed by atoms with Gasteiger partial charge in [0.1, 0.15) is 11.4 Å². The number of aryl methyl sites for hydroxylation is 2. The molecule has 112 valence electrons. The maximum Gasteiger partial charge on any atom is 0.171 e. The molecule has 4 nitrogen and oxygen atoms in total. The lowest BCUT2D eigenvalue weighted by molar-refractivity contribution is 0.464. The minimum absolute atomic E-state index is 0.635. The van der Waals surface area contributed by atoms with E-state index in [1.807, 2.05) is 43.8 Å². The fraction of sp³-hybridized carbons (Fsp3) is 0.438. The van der Waals surface area contributed by atoms with E-state index in [0.717, 1.165) is 40.0 Å². The lowest BCUT2D eigenvalue weighted by Gasteiger charge is -2.13. The van der Waals surface area contributed by atoms with E-state index >= 15 is 0 Å². The summed E-state index contributed by atoms with van der Waals surface area (Å²) in [5.41, 5.74) is 2.90. The fourth-order valence-electron chi connectivity index (χ4n) is 2.35. The van der Waals surface area contributed by atoms with Crippen LogP contribution in [0.2, 0.25) is 5.02 Å². The normalized spacial score (nSPS) is 14.5. The standard InChI is InChI=1S/C16H20ClN3O/c1-10-16(11(2)20(3)19-10)21-15-6-4-5-14(17)13(15)9-18-12-7-8-12/h4-6,12,18H,7-9H2,1-3H3. The Kier molecular flexibility index (Phi) is 3.91. The molecule has 0 spiro atoms. The van der Waals surface area contributed by atoms with Gasteiger partial charge in [-0.15, -0.1) is 0 Å². The third-order valence-electron chi connectivity index (χ3n) is 3.88. The Bertz CT molecular complexity index is 662. The third kappa shape index (κ3) is 3.06. The van der Waals surface area contributed by atoms with E-state index in [1.54, 1.807) is 0 Å². The molecule has 0 saturated heterocycles. The highest BCUT2D eigenvalue weighted by molar-refractivity contribution is 6.31. The van der Waals surface area contributed by atoms with Crippen molar-refractivity contribution in [2.45, 2.75) is 39.3 Å². The molecule has 5 heteroatoms. The summed E-state index contributed by atoms with van der Waals surface area (Å²) < 4.78 is 7.95. The van der Waals surface area contributed by atoms with Crippen molar-refractivity contribution in [1.29, 1.82) is 0 Å². The van der Waals surface area contributed by atoms with Crippen LogP contribution in [0.1, 0.15) is 29.8 Å². The molecule has 3 rings (SSSR count). The highest BCUT2D eigenvalue weighted by atomic mass is 35.5. The van der Waals surface area contributed by atoms with E-state index in [1.165, 1.54) is 12.8 Å². The van der Waals surface area contributed by atoms with Crippen LogP contribution in [-0.4, -0.2) is 15.8 Å². The first-order valence-corrected chi connectivity index (χ1v) is 7.63. The van der Waals surface area contributed by atoms with Crippen LogP contribution in [0.4, 0.5) is 0 Å². The molecular formula is C16H20ClN3O. The second-order valence-electron chi connectivity index (χ2n) is 5.60. The highest BCUT2D eigenvalue weighted by Crippen LogP contribution is 2.34. The van der Waals surface area contributed by atoms with Crippen LogP contribution in [-0.2, 0) is 13.6 Å². The summed E-state index contributed by atoms with van der Waals surface area (Å²) >= 11 is 6.34. The fourth-order valence-corrected chi connectivity index (χ4v) is 2.58.